The van der Waals surface area contributed by atoms with Crippen LogP contribution in [-0.2, 0) is 4.79 Å². The third-order valence-corrected chi connectivity index (χ3v) is 3.55. The molecule has 2 unspecified atom stereocenters. The topological polar surface area (TPSA) is 41.1 Å². The molecule has 0 aromatic carbocycles. The lowest BCUT2D eigenvalue weighted by atomic mass is 9.84. The minimum absolute atomic E-state index is 0.156. The smallest absolute Gasteiger partial charge is 0.234 e. The number of carbonyl (C=O) groups is 1. The highest BCUT2D eigenvalue weighted by Gasteiger charge is 2.23. The van der Waals surface area contributed by atoms with Gasteiger partial charge in [0.15, 0.2) is 0 Å². The summed E-state index contributed by atoms with van der Waals surface area (Å²) < 4.78 is 0. The van der Waals surface area contributed by atoms with Crippen LogP contribution in [0.5, 0.6) is 0 Å². The molecule has 3 nitrogen and oxygen atoms in total. The lowest BCUT2D eigenvalue weighted by molar-refractivity contribution is -0.120. The average Bonchev–Trinajstić information content (AvgIpc) is 3.00. The van der Waals surface area contributed by atoms with E-state index in [0.29, 0.717) is 24.4 Å². The molecule has 0 bridgehead atoms. The molecule has 0 aromatic rings. The van der Waals surface area contributed by atoms with E-state index in [4.69, 9.17) is 0 Å². The molecule has 0 radical (unpaired) electrons. The highest BCUT2D eigenvalue weighted by molar-refractivity contribution is 5.78. The number of nitrogens with one attached hydrogen (secondary N) is 2. The van der Waals surface area contributed by atoms with E-state index < -0.39 is 0 Å². The van der Waals surface area contributed by atoms with Crippen LogP contribution >= 0.6 is 0 Å². The van der Waals surface area contributed by atoms with E-state index in [0.717, 1.165) is 19.4 Å². The van der Waals surface area contributed by atoms with Crippen LogP contribution in [0.3, 0.4) is 0 Å². The summed E-state index contributed by atoms with van der Waals surface area (Å²) in [6, 6.07) is 0.476. The molecule has 2 rings (SSSR count). The van der Waals surface area contributed by atoms with E-state index in [1.807, 2.05) is 0 Å². The van der Waals surface area contributed by atoms with Gasteiger partial charge in [-0.1, -0.05) is 18.6 Å². The quantitative estimate of drug-likeness (QED) is 0.715. The van der Waals surface area contributed by atoms with Crippen molar-refractivity contribution in [2.45, 2.75) is 45.6 Å². The summed E-state index contributed by atoms with van der Waals surface area (Å²) in [5.74, 6) is 1.54. The maximum atomic E-state index is 11.5. The van der Waals surface area contributed by atoms with E-state index in [1.54, 1.807) is 0 Å². The Kier molecular flexibility index (Phi) is 4.21. The molecule has 0 aliphatic heterocycles. The van der Waals surface area contributed by atoms with E-state index >= 15 is 0 Å². The molecule has 0 aromatic heterocycles. The Morgan fingerprint density at radius 3 is 2.88 bits per heavy atom. The average molecular weight is 236 g/mol. The molecule has 1 amide bonds. The largest absolute Gasteiger partial charge is 0.352 e. The molecular weight excluding hydrogens is 212 g/mol. The lowest BCUT2D eigenvalue weighted by Gasteiger charge is -2.25. The van der Waals surface area contributed by atoms with E-state index in [-0.39, 0.29) is 5.91 Å². The zero-order valence-corrected chi connectivity index (χ0v) is 11.0. The summed E-state index contributed by atoms with van der Waals surface area (Å²) in [6.45, 7) is 5.93. The van der Waals surface area contributed by atoms with Gasteiger partial charge in [0.1, 0.15) is 0 Å². The summed E-state index contributed by atoms with van der Waals surface area (Å²) in [5.41, 5.74) is 1.50. The summed E-state index contributed by atoms with van der Waals surface area (Å²) in [6.07, 6.45) is 7.12. The molecule has 3 heteroatoms. The number of amides is 1. The van der Waals surface area contributed by atoms with Gasteiger partial charge in [-0.2, -0.15) is 0 Å². The minimum atomic E-state index is 0.156. The maximum Gasteiger partial charge on any atom is 0.234 e. The predicted molar refractivity (Wildman–Crippen MR) is 69.7 cm³/mol. The molecule has 17 heavy (non-hydrogen) atoms. The fourth-order valence-corrected chi connectivity index (χ4v) is 2.74. The van der Waals surface area contributed by atoms with Crippen LogP contribution in [-0.4, -0.2) is 25.0 Å². The van der Waals surface area contributed by atoms with Crippen molar-refractivity contribution in [3.63, 3.8) is 0 Å². The van der Waals surface area contributed by atoms with Crippen molar-refractivity contribution in [1.82, 2.24) is 10.6 Å². The Hall–Kier alpha value is -0.830. The fourth-order valence-electron chi connectivity index (χ4n) is 2.74. The van der Waals surface area contributed by atoms with Crippen molar-refractivity contribution >= 4 is 5.91 Å². The molecule has 0 spiro atoms. The van der Waals surface area contributed by atoms with Gasteiger partial charge in [0, 0.05) is 6.04 Å². The van der Waals surface area contributed by atoms with Crippen LogP contribution in [0.1, 0.15) is 39.5 Å². The molecule has 96 valence electrons. The Morgan fingerprint density at radius 2 is 2.24 bits per heavy atom. The summed E-state index contributed by atoms with van der Waals surface area (Å²) in [4.78, 5) is 11.5. The first kappa shape index (κ1) is 12.6. The highest BCUT2D eigenvalue weighted by Crippen LogP contribution is 2.27. The van der Waals surface area contributed by atoms with Crippen LogP contribution in [0, 0.1) is 11.8 Å². The third-order valence-electron chi connectivity index (χ3n) is 3.55. The second kappa shape index (κ2) is 5.67. The first-order chi connectivity index (χ1) is 8.13. The molecule has 0 saturated heterocycles. The van der Waals surface area contributed by atoms with E-state index in [2.05, 4.69) is 30.6 Å². The molecule has 2 atom stereocenters. The fraction of sp³-hybridized carbons (Fsp3) is 0.786. The van der Waals surface area contributed by atoms with Crippen molar-refractivity contribution in [3.8, 4) is 0 Å². The van der Waals surface area contributed by atoms with Gasteiger partial charge in [0.05, 0.1) is 6.54 Å². The zero-order chi connectivity index (χ0) is 12.3. The van der Waals surface area contributed by atoms with Crippen molar-refractivity contribution < 1.29 is 4.79 Å². The van der Waals surface area contributed by atoms with Crippen LogP contribution in [0.4, 0.5) is 0 Å². The molecule has 2 aliphatic carbocycles. The number of hydrogen-bond acceptors (Lipinski definition) is 2. The van der Waals surface area contributed by atoms with Gasteiger partial charge in [-0.15, -0.1) is 0 Å². The van der Waals surface area contributed by atoms with Crippen LogP contribution in [0.25, 0.3) is 0 Å². The molecule has 1 fully saturated rings. The first-order valence-electron chi connectivity index (χ1n) is 6.81. The van der Waals surface area contributed by atoms with Crippen molar-refractivity contribution in [2.75, 3.05) is 13.1 Å². The van der Waals surface area contributed by atoms with Gasteiger partial charge in [-0.3, -0.25) is 4.79 Å². The van der Waals surface area contributed by atoms with Crippen molar-refractivity contribution in [1.29, 1.82) is 0 Å². The van der Waals surface area contributed by atoms with Gasteiger partial charge in [0.25, 0.3) is 0 Å². The first-order valence-corrected chi connectivity index (χ1v) is 6.81. The number of rotatable bonds is 5. The van der Waals surface area contributed by atoms with E-state index in [9.17, 15) is 4.79 Å². The van der Waals surface area contributed by atoms with Crippen LogP contribution in [0.15, 0.2) is 11.6 Å². The van der Waals surface area contributed by atoms with Crippen molar-refractivity contribution in [3.05, 3.63) is 11.6 Å². The number of allylic oxidation sites excluding steroid dienone is 2. The predicted octanol–water partition coefficient (Wildman–Crippen LogP) is 1.85. The Morgan fingerprint density at radius 1 is 1.47 bits per heavy atom. The van der Waals surface area contributed by atoms with Gasteiger partial charge in [0.2, 0.25) is 5.91 Å². The number of hydrogen-bond donors (Lipinski definition) is 2. The standard InChI is InChI=1S/C14H24N2O/c1-10-5-11(2)7-12(6-10)8-15-9-14(17)16-13-3-4-13/h5,10,12-13,15H,3-4,6-9H2,1-2H3,(H,16,17). The van der Waals surface area contributed by atoms with E-state index in [1.165, 1.54) is 18.4 Å². The molecule has 1 saturated carbocycles. The second-order valence-corrected chi connectivity index (χ2v) is 5.77. The molecule has 2 N–H and O–H groups in total. The Labute approximate surface area is 104 Å². The molecular formula is C14H24N2O. The maximum absolute atomic E-state index is 11.5. The molecule has 2 aliphatic rings. The summed E-state index contributed by atoms with van der Waals surface area (Å²) in [5, 5.41) is 6.29. The van der Waals surface area contributed by atoms with Gasteiger partial charge < -0.3 is 10.6 Å². The second-order valence-electron chi connectivity index (χ2n) is 5.77. The monoisotopic (exact) mass is 236 g/mol. The highest BCUT2D eigenvalue weighted by atomic mass is 16.2. The van der Waals surface area contributed by atoms with Crippen LogP contribution < -0.4 is 10.6 Å². The number of carbonyl (C=O) groups excluding carboxylic acids is 1. The van der Waals surface area contributed by atoms with Gasteiger partial charge in [-0.25, -0.2) is 0 Å². The Balaban J connectivity index is 1.61. The SMILES string of the molecule is CC1=CC(C)CC(CNCC(=O)NC2CC2)C1. The minimum Gasteiger partial charge on any atom is -0.352 e. The Bertz CT molecular complexity index is 307. The van der Waals surface area contributed by atoms with Crippen LogP contribution in [0.2, 0.25) is 0 Å². The lowest BCUT2D eigenvalue weighted by Crippen LogP contribution is -2.37. The molecule has 0 heterocycles. The van der Waals surface area contributed by atoms with Gasteiger partial charge in [-0.05, 0) is 51.0 Å². The zero-order valence-electron chi connectivity index (χ0n) is 11.0. The van der Waals surface area contributed by atoms with Crippen molar-refractivity contribution in [2.24, 2.45) is 11.8 Å². The third kappa shape index (κ3) is 4.50. The summed E-state index contributed by atoms with van der Waals surface area (Å²) in [7, 11) is 0. The summed E-state index contributed by atoms with van der Waals surface area (Å²) >= 11 is 0. The normalized spacial score (nSPS) is 28.7. The van der Waals surface area contributed by atoms with Gasteiger partial charge >= 0.3 is 0 Å².